The van der Waals surface area contributed by atoms with Gasteiger partial charge in [0.15, 0.2) is 0 Å². The van der Waals surface area contributed by atoms with Crippen LogP contribution in [0.3, 0.4) is 0 Å². The summed E-state index contributed by atoms with van der Waals surface area (Å²) in [4.78, 5) is 2.46. The number of benzene rings is 10. The van der Waals surface area contributed by atoms with Gasteiger partial charge in [0, 0.05) is 27.6 Å². The van der Waals surface area contributed by atoms with Gasteiger partial charge >= 0.3 is 0 Å². The molecule has 1 heterocycles. The molecule has 0 spiro atoms. The molecule has 0 bridgehead atoms. The molecule has 11 aromatic rings. The third kappa shape index (κ3) is 6.74. The third-order valence-electron chi connectivity index (χ3n) is 12.0. The first-order valence-electron chi connectivity index (χ1n) is 21.3. The van der Waals surface area contributed by atoms with E-state index < -0.39 is 0 Å². The van der Waals surface area contributed by atoms with Crippen molar-refractivity contribution >= 4 is 38.9 Å². The summed E-state index contributed by atoms with van der Waals surface area (Å²) in [5.41, 5.74) is 18.6. The molecule has 0 saturated carbocycles. The summed E-state index contributed by atoms with van der Waals surface area (Å²) in [6, 6.07) is 92.1. The van der Waals surface area contributed by atoms with Crippen LogP contribution in [0, 0.1) is 0 Å². The first-order valence-corrected chi connectivity index (χ1v) is 21.3. The molecule has 292 valence electrons. The molecule has 0 aliphatic heterocycles. The average molecular weight is 791 g/mol. The summed E-state index contributed by atoms with van der Waals surface area (Å²) in [6.07, 6.45) is 0. The van der Waals surface area contributed by atoms with E-state index in [-0.39, 0.29) is 0 Å². The molecule has 0 atom stereocenters. The summed E-state index contributed by atoms with van der Waals surface area (Å²) in [6.45, 7) is 0. The Morgan fingerprint density at radius 3 is 1.26 bits per heavy atom. The zero-order valence-corrected chi connectivity index (χ0v) is 34.1. The van der Waals surface area contributed by atoms with Gasteiger partial charge in [0.2, 0.25) is 0 Å². The molecule has 1 aromatic heterocycles. The van der Waals surface area contributed by atoms with Gasteiger partial charge in [0.25, 0.3) is 0 Å². The van der Waals surface area contributed by atoms with Crippen LogP contribution in [-0.4, -0.2) is 4.57 Å². The van der Waals surface area contributed by atoms with Crippen LogP contribution in [0.4, 0.5) is 17.1 Å². The maximum absolute atomic E-state index is 2.46. The smallest absolute Gasteiger partial charge is 0.0562 e. The van der Waals surface area contributed by atoms with E-state index in [0.29, 0.717) is 0 Å². The van der Waals surface area contributed by atoms with Crippen molar-refractivity contribution in [1.29, 1.82) is 0 Å². The highest BCUT2D eigenvalue weighted by Crippen LogP contribution is 2.47. The van der Waals surface area contributed by atoms with Crippen LogP contribution in [-0.2, 0) is 0 Å². The monoisotopic (exact) mass is 790 g/mol. The Hall–Kier alpha value is -8.20. The minimum Gasteiger partial charge on any atom is -0.309 e. The lowest BCUT2D eigenvalue weighted by molar-refractivity contribution is 1.18. The van der Waals surface area contributed by atoms with Crippen molar-refractivity contribution < 1.29 is 0 Å². The highest BCUT2D eigenvalue weighted by molar-refractivity contribution is 6.17. The lowest BCUT2D eigenvalue weighted by atomic mass is 9.97. The molecule has 0 aliphatic carbocycles. The molecule has 2 heteroatoms. The Morgan fingerprint density at radius 2 is 0.661 bits per heavy atom. The zero-order valence-electron chi connectivity index (χ0n) is 34.1. The van der Waals surface area contributed by atoms with Gasteiger partial charge in [-0.2, -0.15) is 0 Å². The van der Waals surface area contributed by atoms with Gasteiger partial charge in [-0.1, -0.05) is 212 Å². The fourth-order valence-electron chi connectivity index (χ4n) is 9.06. The van der Waals surface area contributed by atoms with Crippen molar-refractivity contribution in [3.63, 3.8) is 0 Å². The van der Waals surface area contributed by atoms with Crippen molar-refractivity contribution in [3.8, 4) is 61.3 Å². The van der Waals surface area contributed by atoms with Gasteiger partial charge in [0.05, 0.1) is 28.1 Å². The Kier molecular flexibility index (Phi) is 9.57. The number of fused-ring (bicyclic) bond motifs is 3. The number of aromatic nitrogens is 1. The predicted octanol–water partition coefficient (Wildman–Crippen LogP) is 16.6. The van der Waals surface area contributed by atoms with Crippen molar-refractivity contribution in [2.24, 2.45) is 0 Å². The highest BCUT2D eigenvalue weighted by atomic mass is 15.2. The fraction of sp³-hybridized carbons (Fsp3) is 0. The molecule has 0 amide bonds. The van der Waals surface area contributed by atoms with E-state index in [1.54, 1.807) is 0 Å². The minimum atomic E-state index is 1.08. The van der Waals surface area contributed by atoms with E-state index in [2.05, 4.69) is 264 Å². The van der Waals surface area contributed by atoms with Gasteiger partial charge in [-0.15, -0.1) is 0 Å². The second kappa shape index (κ2) is 16.1. The lowest BCUT2D eigenvalue weighted by Gasteiger charge is -2.29. The average Bonchev–Trinajstić information content (AvgIpc) is 3.70. The van der Waals surface area contributed by atoms with Crippen LogP contribution in [0.15, 0.2) is 255 Å². The fourth-order valence-corrected chi connectivity index (χ4v) is 9.06. The topological polar surface area (TPSA) is 8.17 Å². The number of anilines is 3. The Balaban J connectivity index is 1.11. The van der Waals surface area contributed by atoms with Gasteiger partial charge in [0.1, 0.15) is 0 Å². The molecule has 0 fully saturated rings. The van der Waals surface area contributed by atoms with Crippen LogP contribution in [0.1, 0.15) is 0 Å². The molecule has 0 saturated heterocycles. The molecular weight excluding hydrogens is 749 g/mol. The van der Waals surface area contributed by atoms with Crippen molar-refractivity contribution in [2.45, 2.75) is 0 Å². The standard InChI is InChI=1S/C60H42N2/c1-4-17-43(18-5-1)46-31-35-49(36-32-46)52-23-10-13-26-55(52)61(51-41-39-48(40-42-51)45-21-8-3-9-22-45)58-29-16-30-59-60(58)54-25-12-15-28-57(54)62(59)56-27-14-11-24-53(56)50-37-33-47(34-38-50)44-19-6-2-7-20-44/h1-42H. The molecule has 62 heavy (non-hydrogen) atoms. The van der Waals surface area contributed by atoms with Gasteiger partial charge in [-0.05, 0) is 87.0 Å². The molecule has 10 aromatic carbocycles. The number of hydrogen-bond donors (Lipinski definition) is 0. The Morgan fingerprint density at radius 1 is 0.258 bits per heavy atom. The van der Waals surface area contributed by atoms with Crippen LogP contribution in [0.5, 0.6) is 0 Å². The van der Waals surface area contributed by atoms with Gasteiger partial charge in [-0.25, -0.2) is 0 Å². The van der Waals surface area contributed by atoms with E-state index in [4.69, 9.17) is 0 Å². The normalized spacial score (nSPS) is 11.2. The summed E-state index contributed by atoms with van der Waals surface area (Å²) in [5.74, 6) is 0. The van der Waals surface area contributed by atoms with E-state index in [9.17, 15) is 0 Å². The largest absolute Gasteiger partial charge is 0.309 e. The van der Waals surface area contributed by atoms with Crippen LogP contribution < -0.4 is 4.90 Å². The molecule has 0 radical (unpaired) electrons. The third-order valence-corrected chi connectivity index (χ3v) is 12.0. The zero-order chi connectivity index (χ0) is 41.2. The minimum absolute atomic E-state index is 1.08. The SMILES string of the molecule is c1ccc(-c2ccc(-c3ccccc3N(c3ccc(-c4ccccc4)cc3)c3cccc4c3c3ccccc3n4-c3ccccc3-c3ccc(-c4ccccc4)cc3)cc2)cc1. The molecule has 11 rings (SSSR count). The van der Waals surface area contributed by atoms with Crippen LogP contribution in [0.25, 0.3) is 83.1 Å². The summed E-state index contributed by atoms with van der Waals surface area (Å²) < 4.78 is 2.46. The second-order valence-corrected chi connectivity index (χ2v) is 15.7. The number of rotatable bonds is 9. The Bertz CT molecular complexity index is 3290. The maximum Gasteiger partial charge on any atom is 0.0562 e. The van der Waals surface area contributed by atoms with Crippen LogP contribution in [0.2, 0.25) is 0 Å². The molecule has 2 nitrogen and oxygen atoms in total. The quantitative estimate of drug-likeness (QED) is 0.141. The molecule has 0 aliphatic rings. The number of nitrogens with zero attached hydrogens (tertiary/aromatic N) is 2. The Labute approximate surface area is 362 Å². The van der Waals surface area contributed by atoms with Gasteiger partial charge < -0.3 is 9.47 Å². The maximum atomic E-state index is 2.46. The lowest BCUT2D eigenvalue weighted by Crippen LogP contribution is -2.11. The molecular formula is C60H42N2. The number of hydrogen-bond acceptors (Lipinski definition) is 1. The van der Waals surface area contributed by atoms with E-state index in [1.165, 1.54) is 55.3 Å². The van der Waals surface area contributed by atoms with Crippen molar-refractivity contribution in [1.82, 2.24) is 4.57 Å². The van der Waals surface area contributed by atoms with E-state index in [1.807, 2.05) is 0 Å². The van der Waals surface area contributed by atoms with E-state index >= 15 is 0 Å². The molecule has 0 unspecified atom stereocenters. The summed E-state index contributed by atoms with van der Waals surface area (Å²) >= 11 is 0. The van der Waals surface area contributed by atoms with Crippen molar-refractivity contribution in [3.05, 3.63) is 255 Å². The molecule has 0 N–H and O–H groups in total. The summed E-state index contributed by atoms with van der Waals surface area (Å²) in [7, 11) is 0. The predicted molar refractivity (Wildman–Crippen MR) is 263 cm³/mol. The summed E-state index contributed by atoms with van der Waals surface area (Å²) in [5, 5.41) is 2.39. The van der Waals surface area contributed by atoms with Crippen LogP contribution >= 0.6 is 0 Å². The highest BCUT2D eigenvalue weighted by Gasteiger charge is 2.24. The van der Waals surface area contributed by atoms with E-state index in [0.717, 1.165) is 44.9 Å². The second-order valence-electron chi connectivity index (χ2n) is 15.7. The number of para-hydroxylation sites is 3. The first kappa shape index (κ1) is 36.8. The van der Waals surface area contributed by atoms with Crippen molar-refractivity contribution in [2.75, 3.05) is 4.90 Å². The first-order chi connectivity index (χ1) is 30.8. The van der Waals surface area contributed by atoms with Gasteiger partial charge in [-0.3, -0.25) is 0 Å².